The number of hydrogen-bond donors (Lipinski definition) is 1. The third kappa shape index (κ3) is 4.04. The number of benzene rings is 1. The van der Waals surface area contributed by atoms with Gasteiger partial charge in [0.15, 0.2) is 0 Å². The van der Waals surface area contributed by atoms with E-state index in [4.69, 9.17) is 0 Å². The smallest absolute Gasteiger partial charge is 0.289 e. The molecule has 1 aromatic rings. The molecule has 0 saturated carbocycles. The number of aliphatic hydroxyl groups is 1. The number of piperidine rings is 1. The van der Waals surface area contributed by atoms with Gasteiger partial charge in [0.1, 0.15) is 6.54 Å². The van der Waals surface area contributed by atoms with Crippen LogP contribution in [0.15, 0.2) is 30.3 Å². The highest BCUT2D eigenvalue weighted by Crippen LogP contribution is 2.33. The summed E-state index contributed by atoms with van der Waals surface area (Å²) in [7, 11) is 0. The summed E-state index contributed by atoms with van der Waals surface area (Å²) >= 11 is 0.935. The molecule has 0 unspecified atom stereocenters. The van der Waals surface area contributed by atoms with E-state index in [1.807, 2.05) is 30.3 Å². The van der Waals surface area contributed by atoms with E-state index in [-0.39, 0.29) is 41.4 Å². The fraction of sp³-hybridized carbons (Fsp3) is 0.500. The van der Waals surface area contributed by atoms with Gasteiger partial charge in [-0.25, -0.2) is 0 Å². The highest BCUT2D eigenvalue weighted by molar-refractivity contribution is 8.14. The second-order valence-electron chi connectivity index (χ2n) is 6.77. The maximum absolute atomic E-state index is 12.6. The molecule has 3 amide bonds. The number of nitrogens with zero attached hydrogens (tertiary/aromatic N) is 2. The molecular weight excluding hydrogens is 340 g/mol. The monoisotopic (exact) mass is 362 g/mol. The average Bonchev–Trinajstić information content (AvgIpc) is 2.94. The molecule has 2 aliphatic heterocycles. The van der Waals surface area contributed by atoms with Crippen LogP contribution in [0.25, 0.3) is 0 Å². The van der Waals surface area contributed by atoms with E-state index in [0.717, 1.165) is 35.1 Å². The zero-order valence-electron chi connectivity index (χ0n) is 14.0. The number of imide groups is 1. The van der Waals surface area contributed by atoms with Crippen LogP contribution < -0.4 is 0 Å². The maximum Gasteiger partial charge on any atom is 0.289 e. The fourth-order valence-corrected chi connectivity index (χ4v) is 4.27. The molecule has 0 spiro atoms. The predicted molar refractivity (Wildman–Crippen MR) is 95.0 cm³/mol. The number of rotatable bonds is 5. The number of carbonyl (C=O) groups is 3. The molecule has 0 aromatic heterocycles. The van der Waals surface area contributed by atoms with Crippen molar-refractivity contribution in [2.75, 3.05) is 32.0 Å². The minimum atomic E-state index is -0.372. The van der Waals surface area contributed by atoms with Gasteiger partial charge in [0.2, 0.25) is 11.8 Å². The SMILES string of the molecule is O=C(CN1C(=O)CSC1=O)N1CCC[C@](CO)(Cc2ccccc2)C1. The van der Waals surface area contributed by atoms with E-state index < -0.39 is 0 Å². The highest BCUT2D eigenvalue weighted by Gasteiger charge is 2.39. The van der Waals surface area contributed by atoms with Gasteiger partial charge in [-0.05, 0) is 24.8 Å². The van der Waals surface area contributed by atoms with Gasteiger partial charge in [-0.3, -0.25) is 19.3 Å². The third-order valence-electron chi connectivity index (χ3n) is 4.91. The Labute approximate surface area is 151 Å². The van der Waals surface area contributed by atoms with Crippen LogP contribution in [-0.4, -0.2) is 64.0 Å². The van der Waals surface area contributed by atoms with Gasteiger partial charge in [-0.2, -0.15) is 0 Å². The average molecular weight is 362 g/mol. The second kappa shape index (κ2) is 7.58. The first-order valence-corrected chi connectivity index (χ1v) is 9.41. The van der Waals surface area contributed by atoms with Crippen LogP contribution in [0.1, 0.15) is 18.4 Å². The van der Waals surface area contributed by atoms with Gasteiger partial charge in [0, 0.05) is 18.5 Å². The summed E-state index contributed by atoms with van der Waals surface area (Å²) in [5, 5.41) is 9.66. The van der Waals surface area contributed by atoms with Gasteiger partial charge < -0.3 is 10.0 Å². The Morgan fingerprint density at radius 1 is 1.24 bits per heavy atom. The summed E-state index contributed by atoms with van der Waals surface area (Å²) in [5.41, 5.74) is 0.760. The van der Waals surface area contributed by atoms with Crippen LogP contribution in [-0.2, 0) is 16.0 Å². The molecule has 25 heavy (non-hydrogen) atoms. The van der Waals surface area contributed by atoms with Crippen molar-refractivity contribution >= 4 is 28.8 Å². The summed E-state index contributed by atoms with van der Waals surface area (Å²) in [6.45, 7) is 0.847. The molecule has 0 bridgehead atoms. The van der Waals surface area contributed by atoms with Gasteiger partial charge >= 0.3 is 0 Å². The van der Waals surface area contributed by atoms with Crippen molar-refractivity contribution in [2.45, 2.75) is 19.3 Å². The molecule has 1 atom stereocenters. The normalized spacial score (nSPS) is 24.0. The van der Waals surface area contributed by atoms with Crippen LogP contribution in [0.5, 0.6) is 0 Å². The maximum atomic E-state index is 12.6. The molecule has 0 aliphatic carbocycles. The Bertz CT molecular complexity index is 650. The van der Waals surface area contributed by atoms with Crippen molar-refractivity contribution in [1.82, 2.24) is 9.80 Å². The fourth-order valence-electron chi connectivity index (χ4n) is 3.55. The molecule has 7 heteroatoms. The van der Waals surface area contributed by atoms with Crippen LogP contribution in [0.3, 0.4) is 0 Å². The van der Waals surface area contributed by atoms with Crippen molar-refractivity contribution in [1.29, 1.82) is 0 Å². The lowest BCUT2D eigenvalue weighted by atomic mass is 9.75. The van der Waals surface area contributed by atoms with E-state index in [2.05, 4.69) is 0 Å². The molecule has 134 valence electrons. The van der Waals surface area contributed by atoms with E-state index in [9.17, 15) is 19.5 Å². The first kappa shape index (κ1) is 17.9. The second-order valence-corrected chi connectivity index (χ2v) is 7.70. The van der Waals surface area contributed by atoms with Crippen molar-refractivity contribution in [2.24, 2.45) is 5.41 Å². The molecule has 3 rings (SSSR count). The molecule has 0 radical (unpaired) electrons. The zero-order chi connectivity index (χ0) is 17.9. The number of carbonyl (C=O) groups excluding carboxylic acids is 3. The summed E-state index contributed by atoms with van der Waals surface area (Å²) in [4.78, 5) is 38.7. The Hall–Kier alpha value is -1.86. The Morgan fingerprint density at radius 2 is 2.00 bits per heavy atom. The lowest BCUT2D eigenvalue weighted by Crippen LogP contribution is -2.51. The summed E-state index contributed by atoms with van der Waals surface area (Å²) in [6.07, 6.45) is 2.35. The van der Waals surface area contributed by atoms with Crippen molar-refractivity contribution in [3.63, 3.8) is 0 Å². The largest absolute Gasteiger partial charge is 0.396 e. The summed E-state index contributed by atoms with van der Waals surface area (Å²) in [5.74, 6) is -0.423. The van der Waals surface area contributed by atoms with E-state index >= 15 is 0 Å². The lowest BCUT2D eigenvalue weighted by molar-refractivity contribution is -0.139. The number of aliphatic hydroxyl groups excluding tert-OH is 1. The summed E-state index contributed by atoms with van der Waals surface area (Å²) in [6, 6.07) is 9.94. The van der Waals surface area contributed by atoms with Crippen molar-refractivity contribution < 1.29 is 19.5 Å². The van der Waals surface area contributed by atoms with Crippen LogP contribution in [0.2, 0.25) is 0 Å². The van der Waals surface area contributed by atoms with E-state index in [1.165, 1.54) is 0 Å². The van der Waals surface area contributed by atoms with Gasteiger partial charge in [0.25, 0.3) is 5.24 Å². The van der Waals surface area contributed by atoms with Gasteiger partial charge in [-0.15, -0.1) is 0 Å². The Morgan fingerprint density at radius 3 is 2.64 bits per heavy atom. The molecule has 2 heterocycles. The number of likely N-dealkylation sites (tertiary alicyclic amines) is 1. The number of amides is 3. The molecule has 1 N–H and O–H groups in total. The lowest BCUT2D eigenvalue weighted by Gasteiger charge is -2.42. The standard InChI is InChI=1S/C18H22N2O4S/c21-13-18(9-14-5-2-1-3-6-14)7-4-8-19(12-18)15(22)10-20-16(23)11-25-17(20)24/h1-3,5-6,21H,4,7-13H2/t18-/m0/s1. The van der Waals surface area contributed by atoms with Crippen LogP contribution in [0.4, 0.5) is 4.79 Å². The quantitative estimate of drug-likeness (QED) is 0.859. The Balaban J connectivity index is 1.67. The molecule has 2 aliphatic rings. The highest BCUT2D eigenvalue weighted by atomic mass is 32.2. The minimum Gasteiger partial charge on any atom is -0.396 e. The van der Waals surface area contributed by atoms with Crippen LogP contribution in [0, 0.1) is 5.41 Å². The zero-order valence-corrected chi connectivity index (χ0v) is 14.8. The molecule has 2 saturated heterocycles. The molecule has 6 nitrogen and oxygen atoms in total. The Kier molecular flexibility index (Phi) is 5.44. The van der Waals surface area contributed by atoms with Crippen molar-refractivity contribution in [3.05, 3.63) is 35.9 Å². The third-order valence-corrected chi connectivity index (χ3v) is 5.76. The minimum absolute atomic E-state index is 0.00308. The van der Waals surface area contributed by atoms with Gasteiger partial charge in [-0.1, -0.05) is 42.1 Å². The van der Waals surface area contributed by atoms with Crippen molar-refractivity contribution in [3.8, 4) is 0 Å². The first-order valence-electron chi connectivity index (χ1n) is 8.43. The number of hydrogen-bond acceptors (Lipinski definition) is 5. The predicted octanol–water partition coefficient (Wildman–Crippen LogP) is 1.53. The first-order chi connectivity index (χ1) is 12.0. The topological polar surface area (TPSA) is 77.9 Å². The van der Waals surface area contributed by atoms with E-state index in [0.29, 0.717) is 19.5 Å². The molecular formula is C18H22N2O4S. The molecule has 1 aromatic carbocycles. The van der Waals surface area contributed by atoms with E-state index in [1.54, 1.807) is 4.90 Å². The van der Waals surface area contributed by atoms with Crippen LogP contribution >= 0.6 is 11.8 Å². The summed E-state index contributed by atoms with van der Waals surface area (Å²) < 4.78 is 0. The molecule has 2 fully saturated rings. The van der Waals surface area contributed by atoms with Gasteiger partial charge in [0.05, 0.1) is 12.4 Å². The number of thioether (sulfide) groups is 1.